The van der Waals surface area contributed by atoms with Gasteiger partial charge in [0.05, 0.1) is 10.9 Å². The number of hydrogen-bond donors (Lipinski definition) is 0. The van der Waals surface area contributed by atoms with E-state index in [-0.39, 0.29) is 46.0 Å². The maximum atomic E-state index is 12.3. The van der Waals surface area contributed by atoms with Crippen molar-refractivity contribution in [3.63, 3.8) is 0 Å². The summed E-state index contributed by atoms with van der Waals surface area (Å²) in [5.41, 5.74) is 0.880. The summed E-state index contributed by atoms with van der Waals surface area (Å²) in [6.07, 6.45) is 2.99. The van der Waals surface area contributed by atoms with Crippen molar-refractivity contribution in [2.24, 2.45) is 0 Å². The topological polar surface area (TPSA) is 92.3 Å². The molecule has 124 valence electrons. The van der Waals surface area contributed by atoms with Crippen molar-refractivity contribution in [3.05, 3.63) is 56.2 Å². The molecule has 0 saturated carbocycles. The number of aromatic nitrogens is 1. The summed E-state index contributed by atoms with van der Waals surface area (Å²) in [6.45, 7) is 4.53. The van der Waals surface area contributed by atoms with Crippen LogP contribution in [0.15, 0.2) is 38.4 Å². The van der Waals surface area contributed by atoms with Gasteiger partial charge in [0.2, 0.25) is 0 Å². The van der Waals surface area contributed by atoms with E-state index in [4.69, 9.17) is 4.42 Å². The number of fused-ring (bicyclic) bond motifs is 2. The molecule has 0 fully saturated rings. The second-order valence-electron chi connectivity index (χ2n) is 5.61. The number of aryl methyl sites for hydroxylation is 2. The summed E-state index contributed by atoms with van der Waals surface area (Å²) >= 11 is 0. The predicted octanol–water partition coefficient (Wildman–Crippen LogP) is -1.55. The van der Waals surface area contributed by atoms with Crippen molar-refractivity contribution in [1.29, 1.82) is 0 Å². The molecule has 0 saturated heterocycles. The van der Waals surface area contributed by atoms with E-state index in [0.717, 1.165) is 12.5 Å². The zero-order valence-electron chi connectivity index (χ0n) is 14.4. The molecule has 3 aromatic rings. The standard InChI is InChI=1S/C18H17NO5.Na/c1-3-5-10-16-11(13(20)6-7-19(16)4-2)8-12-14(21)9-15(18(22)23)24-17(10)12;/h6-9H,3-5H2,1-2H3,(H,22,23);/q;+1/p-1. The number of carbonyl (C=O) groups excluding carboxylic acids is 1. The van der Waals surface area contributed by atoms with Gasteiger partial charge in [-0.3, -0.25) is 9.59 Å². The van der Waals surface area contributed by atoms with Crippen LogP contribution in [0.3, 0.4) is 0 Å². The smallest absolute Gasteiger partial charge is 0.542 e. The van der Waals surface area contributed by atoms with Crippen LogP contribution in [-0.4, -0.2) is 10.5 Å². The van der Waals surface area contributed by atoms with Gasteiger partial charge in [0.1, 0.15) is 11.6 Å². The molecule has 0 aliphatic carbocycles. The summed E-state index contributed by atoms with van der Waals surface area (Å²) in [5, 5.41) is 11.8. The molecule has 0 spiro atoms. The third-order valence-electron chi connectivity index (χ3n) is 4.09. The van der Waals surface area contributed by atoms with E-state index in [1.165, 1.54) is 12.1 Å². The average molecular weight is 349 g/mol. The molecule has 7 heteroatoms. The largest absolute Gasteiger partial charge is 1.00 e. The van der Waals surface area contributed by atoms with E-state index in [9.17, 15) is 19.5 Å². The average Bonchev–Trinajstić information content (AvgIpc) is 2.56. The van der Waals surface area contributed by atoms with Crippen LogP contribution in [-0.2, 0) is 13.0 Å². The second kappa shape index (κ2) is 7.56. The minimum atomic E-state index is -1.54. The van der Waals surface area contributed by atoms with Crippen LogP contribution in [0.5, 0.6) is 0 Å². The Morgan fingerprint density at radius 3 is 2.48 bits per heavy atom. The zero-order valence-corrected chi connectivity index (χ0v) is 16.4. The van der Waals surface area contributed by atoms with Gasteiger partial charge in [-0.05, 0) is 19.4 Å². The summed E-state index contributed by atoms with van der Waals surface area (Å²) in [7, 11) is 0. The summed E-state index contributed by atoms with van der Waals surface area (Å²) in [5.74, 6) is -2.05. The van der Waals surface area contributed by atoms with Crippen LogP contribution < -0.4 is 45.5 Å². The molecule has 1 aromatic carbocycles. The van der Waals surface area contributed by atoms with Crippen LogP contribution in [0.25, 0.3) is 21.9 Å². The van der Waals surface area contributed by atoms with Crippen molar-refractivity contribution < 1.29 is 43.9 Å². The minimum absolute atomic E-state index is 0. The van der Waals surface area contributed by atoms with Crippen molar-refractivity contribution in [2.75, 3.05) is 0 Å². The molecule has 0 unspecified atom stereocenters. The molecule has 0 bridgehead atoms. The van der Waals surface area contributed by atoms with Gasteiger partial charge >= 0.3 is 29.6 Å². The van der Waals surface area contributed by atoms with Crippen LogP contribution in [0.4, 0.5) is 0 Å². The number of rotatable bonds is 4. The fourth-order valence-corrected chi connectivity index (χ4v) is 3.03. The minimum Gasteiger partial charge on any atom is -0.542 e. The molecule has 2 aromatic heterocycles. The normalized spacial score (nSPS) is 10.8. The molecule has 0 aliphatic heterocycles. The van der Waals surface area contributed by atoms with Crippen molar-refractivity contribution in [2.45, 2.75) is 33.2 Å². The van der Waals surface area contributed by atoms with Gasteiger partial charge in [-0.1, -0.05) is 13.3 Å². The third kappa shape index (κ3) is 3.29. The molecule has 25 heavy (non-hydrogen) atoms. The molecular formula is C18H16NNaO5. The Morgan fingerprint density at radius 1 is 1.16 bits per heavy atom. The molecule has 6 nitrogen and oxygen atoms in total. The number of carboxylic acids is 1. The summed E-state index contributed by atoms with van der Waals surface area (Å²) < 4.78 is 7.35. The van der Waals surface area contributed by atoms with Crippen LogP contribution in [0.1, 0.15) is 36.4 Å². The Balaban J connectivity index is 0.00000225. The fourth-order valence-electron chi connectivity index (χ4n) is 3.03. The molecular weight excluding hydrogens is 333 g/mol. The number of aromatic carboxylic acids is 1. The number of pyridine rings is 1. The first-order valence-corrected chi connectivity index (χ1v) is 7.82. The quantitative estimate of drug-likeness (QED) is 0.420. The Kier molecular flexibility index (Phi) is 5.87. The van der Waals surface area contributed by atoms with E-state index in [1.807, 2.05) is 18.4 Å². The van der Waals surface area contributed by atoms with Crippen LogP contribution >= 0.6 is 0 Å². The summed E-state index contributed by atoms with van der Waals surface area (Å²) in [6, 6.07) is 3.84. The van der Waals surface area contributed by atoms with Crippen LogP contribution in [0, 0.1) is 0 Å². The Morgan fingerprint density at radius 2 is 1.88 bits per heavy atom. The molecule has 2 heterocycles. The van der Waals surface area contributed by atoms with E-state index in [2.05, 4.69) is 0 Å². The SMILES string of the molecule is CCCc1c2oc(C(=O)[O-])cc(=O)c2cc2c(=O)ccn(CC)c12.[Na+]. The Bertz CT molecular complexity index is 1080. The fraction of sp³-hybridized carbons (Fsp3) is 0.278. The number of carbonyl (C=O) groups is 1. The predicted molar refractivity (Wildman–Crippen MR) is 88.2 cm³/mol. The van der Waals surface area contributed by atoms with E-state index in [0.29, 0.717) is 29.4 Å². The first-order chi connectivity index (χ1) is 11.5. The van der Waals surface area contributed by atoms with Crippen molar-refractivity contribution in [3.8, 4) is 0 Å². The maximum Gasteiger partial charge on any atom is 1.00 e. The summed E-state index contributed by atoms with van der Waals surface area (Å²) in [4.78, 5) is 35.7. The van der Waals surface area contributed by atoms with Gasteiger partial charge in [-0.2, -0.15) is 0 Å². The van der Waals surface area contributed by atoms with E-state index in [1.54, 1.807) is 6.20 Å². The molecule has 0 aliphatic rings. The van der Waals surface area contributed by atoms with Gasteiger partial charge in [0.15, 0.2) is 16.6 Å². The van der Waals surface area contributed by atoms with Crippen molar-refractivity contribution in [1.82, 2.24) is 4.57 Å². The molecule has 0 atom stereocenters. The maximum absolute atomic E-state index is 12.3. The monoisotopic (exact) mass is 349 g/mol. The zero-order chi connectivity index (χ0) is 17.4. The van der Waals surface area contributed by atoms with Gasteiger partial charge < -0.3 is 18.9 Å². The molecule has 3 rings (SSSR count). The molecule has 0 N–H and O–H groups in total. The van der Waals surface area contributed by atoms with E-state index >= 15 is 0 Å². The Hall–Kier alpha value is -1.89. The Labute approximate surface area is 165 Å². The van der Waals surface area contributed by atoms with Crippen LogP contribution in [0.2, 0.25) is 0 Å². The van der Waals surface area contributed by atoms with Gasteiger partial charge in [-0.25, -0.2) is 0 Å². The van der Waals surface area contributed by atoms with E-state index < -0.39 is 17.2 Å². The first-order valence-electron chi connectivity index (χ1n) is 7.82. The molecule has 0 amide bonds. The van der Waals surface area contributed by atoms with Gasteiger partial charge in [0.25, 0.3) is 0 Å². The molecule has 0 radical (unpaired) electrons. The number of carboxylic acid groups (broad SMARTS) is 1. The number of hydrogen-bond acceptors (Lipinski definition) is 5. The second-order valence-corrected chi connectivity index (χ2v) is 5.61. The number of nitrogens with zero attached hydrogens (tertiary/aromatic N) is 1. The van der Waals surface area contributed by atoms with Gasteiger partial charge in [0, 0.05) is 35.8 Å². The first kappa shape index (κ1) is 19.4. The van der Waals surface area contributed by atoms with Gasteiger partial charge in [-0.15, -0.1) is 0 Å². The number of benzene rings is 1. The van der Waals surface area contributed by atoms with Crippen molar-refractivity contribution >= 4 is 27.8 Å². The third-order valence-corrected chi connectivity index (χ3v) is 4.09.